The molecule has 2 rings (SSSR count). The van der Waals surface area contributed by atoms with Gasteiger partial charge in [0.2, 0.25) is 0 Å². The third kappa shape index (κ3) is 2.27. The van der Waals surface area contributed by atoms with Crippen molar-refractivity contribution in [2.24, 2.45) is 11.1 Å². The minimum Gasteiger partial charge on any atom is -0.464 e. The van der Waals surface area contributed by atoms with Gasteiger partial charge in [-0.15, -0.1) is 0 Å². The number of benzene rings is 1. The fourth-order valence-electron chi connectivity index (χ4n) is 2.16. The van der Waals surface area contributed by atoms with E-state index in [1.807, 2.05) is 18.4 Å². The molecule has 0 atom stereocenters. The quantitative estimate of drug-likeness (QED) is 0.853. The van der Waals surface area contributed by atoms with Gasteiger partial charge >= 0.3 is 0 Å². The minimum absolute atomic E-state index is 0.237. The Morgan fingerprint density at radius 1 is 1.25 bits per heavy atom. The van der Waals surface area contributed by atoms with E-state index in [4.69, 9.17) is 10.2 Å². The van der Waals surface area contributed by atoms with Gasteiger partial charge in [-0.2, -0.15) is 0 Å². The van der Waals surface area contributed by atoms with E-state index >= 15 is 0 Å². The monoisotopic (exact) mass is 217 g/mol. The molecule has 0 saturated carbocycles. The molecule has 0 aliphatic rings. The van der Waals surface area contributed by atoms with Gasteiger partial charge in [-0.05, 0) is 36.4 Å². The smallest absolute Gasteiger partial charge is 0.134 e. The summed E-state index contributed by atoms with van der Waals surface area (Å²) in [5, 5.41) is 1.23. The van der Waals surface area contributed by atoms with Crippen LogP contribution in [0.3, 0.4) is 0 Å². The summed E-state index contributed by atoms with van der Waals surface area (Å²) in [6.07, 6.45) is 3.93. The molecule has 1 heterocycles. The van der Waals surface area contributed by atoms with Crippen LogP contribution in [0.1, 0.15) is 25.8 Å². The first kappa shape index (κ1) is 11.2. The highest BCUT2D eigenvalue weighted by atomic mass is 16.3. The number of rotatable bonds is 4. The topological polar surface area (TPSA) is 39.2 Å². The highest BCUT2D eigenvalue weighted by molar-refractivity contribution is 5.80. The van der Waals surface area contributed by atoms with Crippen molar-refractivity contribution in [2.45, 2.75) is 26.7 Å². The summed E-state index contributed by atoms with van der Waals surface area (Å²) >= 11 is 0. The largest absolute Gasteiger partial charge is 0.464 e. The number of para-hydroxylation sites is 1. The standard InChI is InChI=1S/C14H19NO/c1-14(2,7-8-15)9-11-10-16-13-6-4-3-5-12(11)13/h3-6,10H,7-9,15H2,1-2H3. The van der Waals surface area contributed by atoms with Crippen molar-refractivity contribution < 1.29 is 4.42 Å². The van der Waals surface area contributed by atoms with Crippen molar-refractivity contribution in [1.82, 2.24) is 0 Å². The van der Waals surface area contributed by atoms with Crippen LogP contribution in [0.15, 0.2) is 34.9 Å². The summed E-state index contributed by atoms with van der Waals surface area (Å²) in [7, 11) is 0. The second-order valence-electron chi connectivity index (χ2n) is 5.14. The van der Waals surface area contributed by atoms with Crippen molar-refractivity contribution in [3.63, 3.8) is 0 Å². The summed E-state index contributed by atoms with van der Waals surface area (Å²) in [6, 6.07) is 8.18. The van der Waals surface area contributed by atoms with Crippen LogP contribution in [0, 0.1) is 5.41 Å². The molecule has 2 nitrogen and oxygen atoms in total. The Balaban J connectivity index is 2.27. The van der Waals surface area contributed by atoms with Gasteiger partial charge in [0.1, 0.15) is 5.58 Å². The first-order chi connectivity index (χ1) is 7.62. The first-order valence-electron chi connectivity index (χ1n) is 5.77. The molecule has 0 aliphatic carbocycles. The van der Waals surface area contributed by atoms with Crippen LogP contribution in [0.25, 0.3) is 11.0 Å². The van der Waals surface area contributed by atoms with Gasteiger partial charge in [-0.25, -0.2) is 0 Å². The van der Waals surface area contributed by atoms with E-state index < -0.39 is 0 Å². The molecular weight excluding hydrogens is 198 g/mol. The summed E-state index contributed by atoms with van der Waals surface area (Å²) in [6.45, 7) is 5.24. The fraction of sp³-hybridized carbons (Fsp3) is 0.429. The van der Waals surface area contributed by atoms with Gasteiger partial charge in [0.25, 0.3) is 0 Å². The highest BCUT2D eigenvalue weighted by Crippen LogP contribution is 2.30. The lowest BCUT2D eigenvalue weighted by atomic mass is 9.83. The lowest BCUT2D eigenvalue weighted by molar-refractivity contribution is 0.338. The molecule has 0 aliphatic heterocycles. The maximum absolute atomic E-state index is 5.63. The average Bonchev–Trinajstić information content (AvgIpc) is 2.61. The van der Waals surface area contributed by atoms with E-state index in [1.165, 1.54) is 10.9 Å². The number of furan rings is 1. The second-order valence-corrected chi connectivity index (χ2v) is 5.14. The third-order valence-electron chi connectivity index (χ3n) is 3.05. The predicted octanol–water partition coefficient (Wildman–Crippen LogP) is 3.35. The Kier molecular flexibility index (Phi) is 3.01. The molecule has 0 saturated heterocycles. The van der Waals surface area contributed by atoms with Crippen molar-refractivity contribution in [2.75, 3.05) is 6.54 Å². The van der Waals surface area contributed by atoms with Crippen LogP contribution < -0.4 is 5.73 Å². The summed E-state index contributed by atoms with van der Waals surface area (Å²) in [5.74, 6) is 0. The molecular formula is C14H19NO. The minimum atomic E-state index is 0.237. The van der Waals surface area contributed by atoms with E-state index in [9.17, 15) is 0 Å². The number of nitrogens with two attached hydrogens (primary N) is 1. The second kappa shape index (κ2) is 4.30. The van der Waals surface area contributed by atoms with Crippen LogP contribution >= 0.6 is 0 Å². The molecule has 2 aromatic rings. The van der Waals surface area contributed by atoms with E-state index in [-0.39, 0.29) is 5.41 Å². The van der Waals surface area contributed by atoms with Gasteiger partial charge in [-0.3, -0.25) is 0 Å². The number of hydrogen-bond donors (Lipinski definition) is 1. The Morgan fingerprint density at radius 2 is 2.00 bits per heavy atom. The molecule has 0 unspecified atom stereocenters. The SMILES string of the molecule is CC(C)(CCN)Cc1coc2ccccc12. The summed E-state index contributed by atoms with van der Waals surface area (Å²) < 4.78 is 5.54. The fourth-order valence-corrected chi connectivity index (χ4v) is 2.16. The first-order valence-corrected chi connectivity index (χ1v) is 5.77. The van der Waals surface area contributed by atoms with Crippen LogP contribution in [-0.4, -0.2) is 6.54 Å². The molecule has 2 N–H and O–H groups in total. The van der Waals surface area contributed by atoms with E-state index in [0.717, 1.165) is 25.0 Å². The van der Waals surface area contributed by atoms with E-state index in [2.05, 4.69) is 26.0 Å². The summed E-state index contributed by atoms with van der Waals surface area (Å²) in [5.41, 5.74) is 8.13. The molecule has 1 aromatic heterocycles. The van der Waals surface area contributed by atoms with E-state index in [1.54, 1.807) is 0 Å². The zero-order valence-electron chi connectivity index (χ0n) is 9.99. The molecule has 86 valence electrons. The van der Waals surface area contributed by atoms with Gasteiger partial charge in [0, 0.05) is 5.39 Å². The van der Waals surface area contributed by atoms with Crippen molar-refractivity contribution in [3.8, 4) is 0 Å². The maximum Gasteiger partial charge on any atom is 0.134 e. The molecule has 1 aromatic carbocycles. The molecule has 0 amide bonds. The molecule has 0 spiro atoms. The van der Waals surface area contributed by atoms with Crippen molar-refractivity contribution >= 4 is 11.0 Å². The Hall–Kier alpha value is -1.28. The maximum atomic E-state index is 5.63. The van der Waals surface area contributed by atoms with Crippen molar-refractivity contribution in [3.05, 3.63) is 36.1 Å². The third-order valence-corrected chi connectivity index (χ3v) is 3.05. The van der Waals surface area contributed by atoms with Crippen LogP contribution in [0.5, 0.6) is 0 Å². The number of hydrogen-bond acceptors (Lipinski definition) is 2. The number of fused-ring (bicyclic) bond motifs is 1. The summed E-state index contributed by atoms with van der Waals surface area (Å²) in [4.78, 5) is 0. The van der Waals surface area contributed by atoms with Crippen LogP contribution in [0.4, 0.5) is 0 Å². The van der Waals surface area contributed by atoms with Gasteiger partial charge in [0.05, 0.1) is 6.26 Å². The Bertz CT molecular complexity index is 470. The molecule has 0 radical (unpaired) electrons. The van der Waals surface area contributed by atoms with E-state index in [0.29, 0.717) is 0 Å². The normalized spacial score (nSPS) is 12.2. The lowest BCUT2D eigenvalue weighted by Crippen LogP contribution is -2.19. The van der Waals surface area contributed by atoms with Gasteiger partial charge in [-0.1, -0.05) is 32.0 Å². The lowest BCUT2D eigenvalue weighted by Gasteiger charge is -2.23. The zero-order chi connectivity index (χ0) is 11.6. The average molecular weight is 217 g/mol. The van der Waals surface area contributed by atoms with Crippen molar-refractivity contribution in [1.29, 1.82) is 0 Å². The van der Waals surface area contributed by atoms with Crippen LogP contribution in [0.2, 0.25) is 0 Å². The Labute approximate surface area is 96.4 Å². The molecule has 2 heteroatoms. The predicted molar refractivity (Wildman–Crippen MR) is 67.4 cm³/mol. The molecule has 0 bridgehead atoms. The zero-order valence-corrected chi connectivity index (χ0v) is 9.99. The molecule has 16 heavy (non-hydrogen) atoms. The highest BCUT2D eigenvalue weighted by Gasteiger charge is 2.19. The van der Waals surface area contributed by atoms with Gasteiger partial charge < -0.3 is 10.2 Å². The molecule has 0 fully saturated rings. The Morgan fingerprint density at radius 3 is 2.75 bits per heavy atom. The van der Waals surface area contributed by atoms with Crippen LogP contribution in [-0.2, 0) is 6.42 Å². The van der Waals surface area contributed by atoms with Gasteiger partial charge in [0.15, 0.2) is 0 Å².